The molecule has 3 heterocycles. The molecule has 1 aromatic carbocycles. The maximum atomic E-state index is 13.5. The summed E-state index contributed by atoms with van der Waals surface area (Å²) in [6.45, 7) is 1.93. The highest BCUT2D eigenvalue weighted by Gasteiger charge is 2.40. The lowest BCUT2D eigenvalue weighted by Crippen LogP contribution is -2.39. The molecular weight excluding hydrogens is 419 g/mol. The van der Waals surface area contributed by atoms with E-state index in [1.807, 2.05) is 0 Å². The number of alkyl halides is 3. The zero-order chi connectivity index (χ0) is 21.9. The first-order chi connectivity index (χ1) is 15.5. The Morgan fingerprint density at radius 1 is 0.906 bits per heavy atom. The lowest BCUT2D eigenvalue weighted by Gasteiger charge is -2.40. The van der Waals surface area contributed by atoms with Crippen LogP contribution in [0.25, 0.3) is 22.3 Å². The summed E-state index contributed by atoms with van der Waals surface area (Å²) in [4.78, 5) is 0. The maximum absolute atomic E-state index is 13.5. The number of aromatic amines is 1. The van der Waals surface area contributed by atoms with Crippen molar-refractivity contribution in [3.05, 3.63) is 28.8 Å². The van der Waals surface area contributed by atoms with Crippen LogP contribution in [-0.2, 0) is 6.18 Å². The highest BCUT2D eigenvalue weighted by atomic mass is 19.4. The van der Waals surface area contributed by atoms with Crippen molar-refractivity contribution < 1.29 is 13.2 Å². The van der Waals surface area contributed by atoms with Gasteiger partial charge in [-0.2, -0.15) is 28.6 Å². The van der Waals surface area contributed by atoms with E-state index >= 15 is 0 Å². The predicted octanol–water partition coefficient (Wildman–Crippen LogP) is 4.35. The molecule has 3 aliphatic carbocycles. The monoisotopic (exact) mass is 443 g/mol. The average Bonchev–Trinajstić information content (AvgIpc) is 3.29. The van der Waals surface area contributed by atoms with Crippen molar-refractivity contribution in [3.63, 3.8) is 0 Å². The van der Waals surface area contributed by atoms with E-state index in [2.05, 4.69) is 36.2 Å². The Kier molecular flexibility index (Phi) is 4.60. The first-order valence-corrected chi connectivity index (χ1v) is 11.3. The van der Waals surface area contributed by atoms with E-state index in [0.717, 1.165) is 69.1 Å². The van der Waals surface area contributed by atoms with Gasteiger partial charge in [0, 0.05) is 23.7 Å². The molecule has 1 aliphatic heterocycles. The summed E-state index contributed by atoms with van der Waals surface area (Å²) < 4.78 is 40.4. The normalized spacial score (nSPS) is 25.2. The van der Waals surface area contributed by atoms with Crippen molar-refractivity contribution >= 4 is 16.9 Å². The standard InChI is InChI=1S/C22H24F3N7/c23-22(24,25)15-8-7-14(19-20(15)30-32-29-19)18-16-11-3-5-12(6-4-11)17(16)21(31-28-18)27-13-2-1-9-26-10-13/h7-8,11-13,26H,1-6,9-10H2,(H,27,31)(H,29,30,32). The Morgan fingerprint density at radius 3 is 2.38 bits per heavy atom. The molecule has 2 fully saturated rings. The minimum atomic E-state index is -4.50. The van der Waals surface area contributed by atoms with Gasteiger partial charge in [-0.3, -0.25) is 0 Å². The van der Waals surface area contributed by atoms with Crippen molar-refractivity contribution in [1.29, 1.82) is 0 Å². The fourth-order valence-electron chi connectivity index (χ4n) is 5.78. The number of hydrogen-bond acceptors (Lipinski definition) is 6. The van der Waals surface area contributed by atoms with Crippen LogP contribution in [0.3, 0.4) is 0 Å². The first kappa shape index (κ1) is 19.9. The number of anilines is 1. The van der Waals surface area contributed by atoms with Crippen molar-refractivity contribution in [2.45, 2.75) is 62.6 Å². The highest BCUT2D eigenvalue weighted by Crippen LogP contribution is 2.54. The van der Waals surface area contributed by atoms with Crippen LogP contribution in [0.4, 0.5) is 19.0 Å². The number of halogens is 3. The Balaban J connectivity index is 1.50. The van der Waals surface area contributed by atoms with Gasteiger partial charge in [-0.1, -0.05) is 0 Å². The van der Waals surface area contributed by atoms with E-state index in [0.29, 0.717) is 29.1 Å². The number of aromatic nitrogens is 5. The van der Waals surface area contributed by atoms with E-state index in [4.69, 9.17) is 0 Å². The van der Waals surface area contributed by atoms with E-state index in [-0.39, 0.29) is 11.0 Å². The number of piperidine rings is 1. The summed E-state index contributed by atoms with van der Waals surface area (Å²) in [6, 6.07) is 2.86. The quantitative estimate of drug-likeness (QED) is 0.558. The lowest BCUT2D eigenvalue weighted by atomic mass is 9.66. The smallest absolute Gasteiger partial charge is 0.364 e. The van der Waals surface area contributed by atoms with Crippen LogP contribution in [0, 0.1) is 0 Å². The molecule has 2 aromatic heterocycles. The molecule has 0 radical (unpaired) electrons. The molecule has 3 aromatic rings. The lowest BCUT2D eigenvalue weighted by molar-refractivity contribution is -0.136. The Labute approximate surface area is 182 Å². The first-order valence-electron chi connectivity index (χ1n) is 11.3. The Morgan fingerprint density at radius 2 is 1.66 bits per heavy atom. The van der Waals surface area contributed by atoms with Crippen LogP contribution in [0.1, 0.15) is 67.1 Å². The van der Waals surface area contributed by atoms with E-state index < -0.39 is 11.7 Å². The predicted molar refractivity (Wildman–Crippen MR) is 113 cm³/mol. The van der Waals surface area contributed by atoms with Crippen LogP contribution in [-0.4, -0.2) is 44.7 Å². The Hall–Kier alpha value is -2.75. The average molecular weight is 443 g/mol. The Bertz CT molecular complexity index is 1160. The molecule has 7 nitrogen and oxygen atoms in total. The number of benzene rings is 1. The molecule has 0 amide bonds. The highest BCUT2D eigenvalue weighted by molar-refractivity contribution is 5.93. The molecule has 168 valence electrons. The van der Waals surface area contributed by atoms with Gasteiger partial charge >= 0.3 is 6.18 Å². The molecule has 1 atom stereocenters. The topological polar surface area (TPSA) is 91.4 Å². The van der Waals surface area contributed by atoms with Crippen molar-refractivity contribution in [2.24, 2.45) is 0 Å². The minimum absolute atomic E-state index is 0.179. The zero-order valence-corrected chi connectivity index (χ0v) is 17.5. The van der Waals surface area contributed by atoms with Crippen LogP contribution < -0.4 is 10.6 Å². The van der Waals surface area contributed by atoms with Gasteiger partial charge in [0.2, 0.25) is 0 Å². The third-order valence-corrected chi connectivity index (χ3v) is 7.27. The van der Waals surface area contributed by atoms with Crippen LogP contribution in [0.2, 0.25) is 0 Å². The van der Waals surface area contributed by atoms with Crippen molar-refractivity contribution in [2.75, 3.05) is 18.4 Å². The van der Waals surface area contributed by atoms with Gasteiger partial charge in [-0.25, -0.2) is 0 Å². The van der Waals surface area contributed by atoms with E-state index in [1.165, 1.54) is 11.6 Å². The molecular formula is C22H24F3N7. The van der Waals surface area contributed by atoms with Gasteiger partial charge in [-0.05, 0) is 74.6 Å². The van der Waals surface area contributed by atoms with Crippen molar-refractivity contribution in [3.8, 4) is 11.3 Å². The van der Waals surface area contributed by atoms with Gasteiger partial charge < -0.3 is 10.6 Å². The maximum Gasteiger partial charge on any atom is 0.418 e. The summed E-state index contributed by atoms with van der Waals surface area (Å²) in [5.41, 5.74) is 2.77. The largest absolute Gasteiger partial charge is 0.418 e. The SMILES string of the molecule is FC(F)(F)c1ccc(-c2nnc(NC3CCCNC3)c3c2C2CCC3CC2)c2n[nH]nc12. The third kappa shape index (κ3) is 3.15. The summed E-state index contributed by atoms with van der Waals surface area (Å²) in [6.07, 6.45) is 2.08. The molecule has 10 heteroatoms. The number of H-pyrrole nitrogens is 1. The van der Waals surface area contributed by atoms with Gasteiger partial charge in [0.05, 0.1) is 11.3 Å². The van der Waals surface area contributed by atoms with Crippen molar-refractivity contribution in [1.82, 2.24) is 30.9 Å². The molecule has 4 aliphatic rings. The zero-order valence-electron chi connectivity index (χ0n) is 17.5. The third-order valence-electron chi connectivity index (χ3n) is 7.27. The van der Waals surface area contributed by atoms with Gasteiger partial charge in [0.15, 0.2) is 5.82 Å². The molecule has 0 spiro atoms. The molecule has 7 rings (SSSR count). The fraction of sp³-hybridized carbons (Fsp3) is 0.545. The van der Waals surface area contributed by atoms with E-state index in [9.17, 15) is 13.2 Å². The van der Waals surface area contributed by atoms with Gasteiger partial charge in [0.25, 0.3) is 0 Å². The summed E-state index contributed by atoms with van der Waals surface area (Å²) in [5, 5.41) is 26.4. The molecule has 2 bridgehead atoms. The second-order valence-electron chi connectivity index (χ2n) is 9.14. The summed E-state index contributed by atoms with van der Waals surface area (Å²) in [5.74, 6) is 1.59. The number of fused-ring (bicyclic) bond motifs is 3. The van der Waals surface area contributed by atoms with E-state index in [1.54, 1.807) is 0 Å². The molecule has 3 N–H and O–H groups in total. The van der Waals surface area contributed by atoms with Crippen LogP contribution in [0.5, 0.6) is 0 Å². The fourth-order valence-corrected chi connectivity index (χ4v) is 5.78. The second-order valence-corrected chi connectivity index (χ2v) is 9.14. The van der Waals surface area contributed by atoms with Gasteiger partial charge in [0.1, 0.15) is 11.0 Å². The number of nitrogens with one attached hydrogen (secondary N) is 3. The number of nitrogens with zero attached hydrogens (tertiary/aromatic N) is 4. The summed E-state index contributed by atoms with van der Waals surface area (Å²) in [7, 11) is 0. The van der Waals surface area contributed by atoms with Gasteiger partial charge in [-0.15, -0.1) is 10.2 Å². The van der Waals surface area contributed by atoms with Crippen LogP contribution in [0.15, 0.2) is 12.1 Å². The second kappa shape index (κ2) is 7.40. The van der Waals surface area contributed by atoms with Crippen LogP contribution >= 0.6 is 0 Å². The molecule has 1 unspecified atom stereocenters. The molecule has 1 saturated carbocycles. The summed E-state index contributed by atoms with van der Waals surface area (Å²) >= 11 is 0. The minimum Gasteiger partial charge on any atom is -0.364 e. The molecule has 32 heavy (non-hydrogen) atoms. The number of rotatable bonds is 3. The number of hydrogen-bond donors (Lipinski definition) is 3. The molecule has 1 saturated heterocycles.